The van der Waals surface area contributed by atoms with Crippen molar-refractivity contribution in [1.82, 2.24) is 9.80 Å². The van der Waals surface area contributed by atoms with Crippen LogP contribution in [0.15, 0.2) is 47.4 Å². The third kappa shape index (κ3) is 4.91. The van der Waals surface area contributed by atoms with Crippen LogP contribution in [0.4, 0.5) is 4.79 Å². The Morgan fingerprint density at radius 1 is 1.12 bits per heavy atom. The number of amides is 3. The van der Waals surface area contributed by atoms with Crippen LogP contribution in [0, 0.1) is 0 Å². The monoisotopic (exact) mass is 481 g/mol. The van der Waals surface area contributed by atoms with Crippen LogP contribution in [-0.4, -0.2) is 59.6 Å². The average molecular weight is 482 g/mol. The molecule has 10 heteroatoms. The second kappa shape index (κ2) is 10.0. The molecule has 2 aliphatic rings. The second-order valence-electron chi connectivity index (χ2n) is 7.64. The molecule has 0 unspecified atom stereocenters. The predicted molar refractivity (Wildman–Crippen MR) is 122 cm³/mol. The number of rotatable bonds is 7. The second-order valence-corrected chi connectivity index (χ2v) is 8.63. The van der Waals surface area contributed by atoms with Gasteiger partial charge in [-0.15, -0.1) is 0 Å². The highest BCUT2D eigenvalue weighted by atomic mass is 32.2. The quantitative estimate of drug-likeness (QED) is 0.546. The van der Waals surface area contributed by atoms with Gasteiger partial charge in [0.05, 0.1) is 18.0 Å². The van der Waals surface area contributed by atoms with Crippen molar-refractivity contribution < 1.29 is 33.8 Å². The maximum atomic E-state index is 12.9. The van der Waals surface area contributed by atoms with Crippen molar-refractivity contribution in [1.29, 1.82) is 0 Å². The van der Waals surface area contributed by atoms with Gasteiger partial charge in [-0.3, -0.25) is 19.3 Å². The highest BCUT2D eigenvalue weighted by Gasteiger charge is 2.37. The van der Waals surface area contributed by atoms with Crippen LogP contribution in [-0.2, 0) is 27.3 Å². The summed E-state index contributed by atoms with van der Waals surface area (Å²) < 4.78 is 10.5. The Balaban J connectivity index is 1.50. The summed E-state index contributed by atoms with van der Waals surface area (Å²) in [4.78, 5) is 51.8. The van der Waals surface area contributed by atoms with E-state index in [4.69, 9.17) is 9.47 Å². The largest absolute Gasteiger partial charge is 0.546 e. The lowest BCUT2D eigenvalue weighted by molar-refractivity contribution is -0.307. The van der Waals surface area contributed by atoms with E-state index in [1.807, 2.05) is 24.3 Å². The molecule has 34 heavy (non-hydrogen) atoms. The Morgan fingerprint density at radius 2 is 1.88 bits per heavy atom. The van der Waals surface area contributed by atoms with Crippen LogP contribution in [0.3, 0.4) is 0 Å². The fourth-order valence-electron chi connectivity index (χ4n) is 3.81. The zero-order valence-electron chi connectivity index (χ0n) is 18.3. The van der Waals surface area contributed by atoms with E-state index in [-0.39, 0.29) is 28.9 Å². The van der Waals surface area contributed by atoms with Crippen molar-refractivity contribution in [2.45, 2.75) is 13.0 Å². The number of carboxylic acid groups (broad SMARTS) is 1. The van der Waals surface area contributed by atoms with Gasteiger partial charge in [-0.1, -0.05) is 36.4 Å². The fourth-order valence-corrected chi connectivity index (χ4v) is 4.64. The van der Waals surface area contributed by atoms with Crippen molar-refractivity contribution in [2.75, 3.05) is 26.8 Å². The van der Waals surface area contributed by atoms with Crippen LogP contribution in [0.25, 0.3) is 6.08 Å². The number of hydrogen-bond acceptors (Lipinski definition) is 8. The summed E-state index contributed by atoms with van der Waals surface area (Å²) in [7, 11) is 1.39. The lowest BCUT2D eigenvalue weighted by atomic mass is 10.00. The van der Waals surface area contributed by atoms with E-state index in [1.165, 1.54) is 18.7 Å². The summed E-state index contributed by atoms with van der Waals surface area (Å²) in [6.07, 6.45) is 2.13. The Labute approximate surface area is 199 Å². The van der Waals surface area contributed by atoms with Crippen molar-refractivity contribution in [3.8, 4) is 11.5 Å². The molecule has 0 aliphatic carbocycles. The van der Waals surface area contributed by atoms with Crippen molar-refractivity contribution in [2.24, 2.45) is 0 Å². The van der Waals surface area contributed by atoms with E-state index in [1.54, 1.807) is 23.1 Å². The number of fused-ring (bicyclic) bond motifs is 1. The first-order chi connectivity index (χ1) is 16.4. The molecule has 0 atom stereocenters. The van der Waals surface area contributed by atoms with Gasteiger partial charge in [0.25, 0.3) is 11.1 Å². The van der Waals surface area contributed by atoms with Gasteiger partial charge in [0.15, 0.2) is 11.5 Å². The number of para-hydroxylation sites is 1. The first kappa shape index (κ1) is 23.4. The molecular formula is C24H21N2O7S-. The first-order valence-electron chi connectivity index (χ1n) is 10.5. The summed E-state index contributed by atoms with van der Waals surface area (Å²) in [6.45, 7) is -0.110. The molecule has 1 saturated heterocycles. The molecule has 0 radical (unpaired) electrons. The molecule has 176 valence electrons. The molecule has 2 aromatic carbocycles. The van der Waals surface area contributed by atoms with E-state index in [9.17, 15) is 24.3 Å². The van der Waals surface area contributed by atoms with E-state index in [0.717, 1.165) is 10.5 Å². The highest BCUT2D eigenvalue weighted by Crippen LogP contribution is 2.37. The molecule has 1 fully saturated rings. The third-order valence-electron chi connectivity index (χ3n) is 5.50. The minimum atomic E-state index is -1.42. The summed E-state index contributed by atoms with van der Waals surface area (Å²) in [5.74, 6) is -1.97. The number of hydrogen-bond donors (Lipinski definition) is 0. The van der Waals surface area contributed by atoms with Crippen LogP contribution < -0.4 is 14.6 Å². The molecule has 2 aliphatic heterocycles. The molecule has 2 heterocycles. The SMILES string of the molecule is COc1cccc(/C=C2/SC(=O)N(CC(=O)N3CCc4ccccc4C3)C2=O)c1OCC(=O)[O-]. The lowest BCUT2D eigenvalue weighted by Gasteiger charge is -2.29. The number of carbonyl (C=O) groups excluding carboxylic acids is 4. The third-order valence-corrected chi connectivity index (χ3v) is 6.41. The Hall–Kier alpha value is -3.79. The number of benzene rings is 2. The zero-order valence-corrected chi connectivity index (χ0v) is 19.1. The predicted octanol–water partition coefficient (Wildman–Crippen LogP) is 1.45. The summed E-state index contributed by atoms with van der Waals surface area (Å²) in [5.41, 5.74) is 2.60. The minimum absolute atomic E-state index is 0.0911. The van der Waals surface area contributed by atoms with Crippen molar-refractivity contribution in [3.63, 3.8) is 0 Å². The molecule has 0 saturated carbocycles. The van der Waals surface area contributed by atoms with Crippen LogP contribution in [0.5, 0.6) is 11.5 Å². The Kier molecular flexibility index (Phi) is 6.87. The van der Waals surface area contributed by atoms with Crippen molar-refractivity contribution in [3.05, 3.63) is 64.1 Å². The molecular weight excluding hydrogens is 460 g/mol. The lowest BCUT2D eigenvalue weighted by Crippen LogP contribution is -2.44. The van der Waals surface area contributed by atoms with Crippen LogP contribution in [0.1, 0.15) is 16.7 Å². The average Bonchev–Trinajstić information content (AvgIpc) is 3.09. The van der Waals surface area contributed by atoms with E-state index in [0.29, 0.717) is 36.8 Å². The van der Waals surface area contributed by atoms with Gasteiger partial charge < -0.3 is 24.3 Å². The molecule has 2 aromatic rings. The number of thioether (sulfide) groups is 1. The number of methoxy groups -OCH3 is 1. The van der Waals surface area contributed by atoms with E-state index >= 15 is 0 Å². The molecule has 9 nitrogen and oxygen atoms in total. The smallest absolute Gasteiger partial charge is 0.294 e. The minimum Gasteiger partial charge on any atom is -0.546 e. The fraction of sp³-hybridized carbons (Fsp3) is 0.250. The zero-order chi connectivity index (χ0) is 24.2. The summed E-state index contributed by atoms with van der Waals surface area (Å²) >= 11 is 0.703. The number of ether oxygens (including phenoxy) is 2. The Morgan fingerprint density at radius 3 is 2.62 bits per heavy atom. The van der Waals surface area contributed by atoms with Gasteiger partial charge in [0.2, 0.25) is 5.91 Å². The number of carboxylic acids is 1. The van der Waals surface area contributed by atoms with Crippen LogP contribution >= 0.6 is 11.8 Å². The summed E-state index contributed by atoms with van der Waals surface area (Å²) in [5, 5.41) is 10.3. The number of nitrogens with zero attached hydrogens (tertiary/aromatic N) is 2. The van der Waals surface area contributed by atoms with E-state index < -0.39 is 23.7 Å². The number of imide groups is 1. The standard InChI is InChI=1S/C24H22N2O7S/c1-32-18-8-4-7-16(22(18)33-14-21(28)29)11-19-23(30)26(24(31)34-19)13-20(27)25-10-9-15-5-2-3-6-17(15)12-25/h2-8,11H,9-10,12-14H2,1H3,(H,28,29)/p-1/b19-11+. The molecule has 0 N–H and O–H groups in total. The number of carbonyl (C=O) groups is 4. The van der Waals surface area contributed by atoms with Gasteiger partial charge in [0.1, 0.15) is 13.2 Å². The molecule has 4 rings (SSSR count). The molecule has 3 amide bonds. The van der Waals surface area contributed by atoms with E-state index in [2.05, 4.69) is 0 Å². The topological polar surface area (TPSA) is 116 Å². The van der Waals surface area contributed by atoms with Gasteiger partial charge in [0, 0.05) is 18.7 Å². The van der Waals surface area contributed by atoms with Crippen molar-refractivity contribution >= 4 is 40.9 Å². The summed E-state index contributed by atoms with van der Waals surface area (Å²) in [6, 6.07) is 12.7. The van der Waals surface area contributed by atoms with Gasteiger partial charge in [-0.05, 0) is 41.5 Å². The van der Waals surface area contributed by atoms with Gasteiger partial charge in [-0.25, -0.2) is 0 Å². The maximum Gasteiger partial charge on any atom is 0.294 e. The first-order valence-corrected chi connectivity index (χ1v) is 11.3. The number of aliphatic carboxylic acids is 1. The molecule has 0 aromatic heterocycles. The Bertz CT molecular complexity index is 1190. The molecule has 0 bridgehead atoms. The van der Waals surface area contributed by atoms with Crippen LogP contribution in [0.2, 0.25) is 0 Å². The normalized spacial score (nSPS) is 16.6. The highest BCUT2D eigenvalue weighted by molar-refractivity contribution is 8.18. The van der Waals surface area contributed by atoms with Gasteiger partial charge >= 0.3 is 0 Å². The molecule has 0 spiro atoms. The maximum absolute atomic E-state index is 12.9. The van der Waals surface area contributed by atoms with Gasteiger partial charge in [-0.2, -0.15) is 0 Å².